The Bertz CT molecular complexity index is 1220. The van der Waals surface area contributed by atoms with Crippen LogP contribution in [0.25, 0.3) is 0 Å². The molecule has 0 saturated carbocycles. The lowest BCUT2D eigenvalue weighted by Gasteiger charge is -2.09. The monoisotopic (exact) mass is 537 g/mol. The van der Waals surface area contributed by atoms with Gasteiger partial charge in [0.05, 0.1) is 17.1 Å². The summed E-state index contributed by atoms with van der Waals surface area (Å²) in [6.45, 7) is 0. The molecule has 2 aromatic heterocycles. The highest BCUT2D eigenvalue weighted by atomic mass is 35.5. The van der Waals surface area contributed by atoms with Gasteiger partial charge in [-0.05, 0) is 48.9 Å². The number of hydrogen-bond acceptors (Lipinski definition) is 7. The first-order valence-corrected chi connectivity index (χ1v) is 14.0. The Morgan fingerprint density at radius 3 is 2.88 bits per heavy atom. The van der Waals surface area contributed by atoms with Gasteiger partial charge in [0.2, 0.25) is 5.91 Å². The molecule has 33 heavy (non-hydrogen) atoms. The summed E-state index contributed by atoms with van der Waals surface area (Å²) < 4.78 is 1.90. The van der Waals surface area contributed by atoms with Crippen LogP contribution in [0, 0.1) is 11.3 Å². The van der Waals surface area contributed by atoms with E-state index in [1.807, 2.05) is 23.7 Å². The van der Waals surface area contributed by atoms with Crippen LogP contribution in [0.15, 0.2) is 23.4 Å². The summed E-state index contributed by atoms with van der Waals surface area (Å²) in [5, 5.41) is 23.6. The first-order chi connectivity index (χ1) is 16.0. The van der Waals surface area contributed by atoms with E-state index in [9.17, 15) is 10.1 Å². The molecule has 0 aliphatic heterocycles. The van der Waals surface area contributed by atoms with Gasteiger partial charge in [-0.3, -0.25) is 4.79 Å². The van der Waals surface area contributed by atoms with Gasteiger partial charge < -0.3 is 9.88 Å². The number of anilines is 1. The molecule has 0 radical (unpaired) electrons. The van der Waals surface area contributed by atoms with E-state index in [0.717, 1.165) is 48.4 Å². The second kappa shape index (κ2) is 11.2. The molecular formula is C22H21Cl2N5OS3. The van der Waals surface area contributed by atoms with E-state index in [-0.39, 0.29) is 11.7 Å². The number of hydrogen-bond donors (Lipinski definition) is 1. The van der Waals surface area contributed by atoms with Crippen molar-refractivity contribution in [3.8, 4) is 6.07 Å². The molecule has 0 bridgehead atoms. The van der Waals surface area contributed by atoms with Crippen molar-refractivity contribution in [3.05, 3.63) is 55.6 Å². The van der Waals surface area contributed by atoms with Gasteiger partial charge in [0.25, 0.3) is 0 Å². The van der Waals surface area contributed by atoms with Crippen LogP contribution in [0.1, 0.15) is 40.2 Å². The van der Waals surface area contributed by atoms with Crippen LogP contribution in [0.3, 0.4) is 0 Å². The minimum Gasteiger partial charge on any atom is -0.316 e. The number of fused-ring (bicyclic) bond motifs is 1. The van der Waals surface area contributed by atoms with Crippen molar-refractivity contribution in [3.63, 3.8) is 0 Å². The van der Waals surface area contributed by atoms with Crippen molar-refractivity contribution < 1.29 is 4.79 Å². The Balaban J connectivity index is 1.30. The van der Waals surface area contributed by atoms with Gasteiger partial charge >= 0.3 is 0 Å². The van der Waals surface area contributed by atoms with Gasteiger partial charge in [0.15, 0.2) is 5.16 Å². The topological polar surface area (TPSA) is 83.6 Å². The summed E-state index contributed by atoms with van der Waals surface area (Å²) in [5.74, 6) is 2.28. The largest absolute Gasteiger partial charge is 0.316 e. The fourth-order valence-corrected chi connectivity index (χ4v) is 7.10. The minimum absolute atomic E-state index is 0.147. The molecule has 1 aliphatic carbocycles. The van der Waals surface area contributed by atoms with E-state index in [1.165, 1.54) is 28.0 Å². The number of nitrogens with zero attached hydrogens (tertiary/aromatic N) is 4. The lowest BCUT2D eigenvalue weighted by molar-refractivity contribution is -0.113. The second-order valence-electron chi connectivity index (χ2n) is 7.55. The molecule has 0 fully saturated rings. The van der Waals surface area contributed by atoms with E-state index in [2.05, 4.69) is 21.6 Å². The number of nitriles is 1. The molecule has 0 saturated heterocycles. The lowest BCUT2D eigenvalue weighted by Crippen LogP contribution is -2.14. The molecule has 3 aromatic rings. The Morgan fingerprint density at radius 2 is 2.09 bits per heavy atom. The Labute approximate surface area is 215 Å². The molecular weight excluding hydrogens is 517 g/mol. The third kappa shape index (κ3) is 5.87. The summed E-state index contributed by atoms with van der Waals surface area (Å²) >= 11 is 16.7. The predicted octanol–water partition coefficient (Wildman–Crippen LogP) is 6.10. The SMILES string of the molecule is Cn1c(CSCc2ccc(Cl)cc2Cl)nnc1SCC(=O)Nc1sc2c(c1C#N)CCCC2. The summed E-state index contributed by atoms with van der Waals surface area (Å²) in [5.41, 5.74) is 2.77. The van der Waals surface area contributed by atoms with Crippen molar-refractivity contribution in [1.82, 2.24) is 14.8 Å². The van der Waals surface area contributed by atoms with Gasteiger partial charge in [-0.2, -0.15) is 5.26 Å². The molecule has 0 spiro atoms. The van der Waals surface area contributed by atoms with Crippen LogP contribution < -0.4 is 5.32 Å². The van der Waals surface area contributed by atoms with Crippen molar-refractivity contribution >= 4 is 69.0 Å². The van der Waals surface area contributed by atoms with Crippen LogP contribution >= 0.6 is 58.1 Å². The zero-order valence-corrected chi connectivity index (χ0v) is 21.8. The number of aromatic nitrogens is 3. The number of rotatable bonds is 8. The number of thioether (sulfide) groups is 2. The minimum atomic E-state index is -0.147. The molecule has 0 unspecified atom stereocenters. The molecule has 1 N–H and O–H groups in total. The maximum atomic E-state index is 12.6. The maximum Gasteiger partial charge on any atom is 0.235 e. The summed E-state index contributed by atoms with van der Waals surface area (Å²) in [4.78, 5) is 13.8. The van der Waals surface area contributed by atoms with Crippen LogP contribution in [0.5, 0.6) is 0 Å². The molecule has 4 rings (SSSR count). The first-order valence-electron chi connectivity index (χ1n) is 10.3. The number of amides is 1. The number of aryl methyl sites for hydroxylation is 1. The molecule has 172 valence electrons. The molecule has 0 atom stereocenters. The van der Waals surface area contributed by atoms with Gasteiger partial charge in [-0.25, -0.2) is 0 Å². The summed E-state index contributed by atoms with van der Waals surface area (Å²) in [6.07, 6.45) is 4.15. The second-order valence-corrected chi connectivity index (χ2v) is 11.4. The number of benzene rings is 1. The Kier molecular flexibility index (Phi) is 8.25. The molecule has 11 heteroatoms. The predicted molar refractivity (Wildman–Crippen MR) is 137 cm³/mol. The molecule has 1 aromatic carbocycles. The van der Waals surface area contributed by atoms with Crippen molar-refractivity contribution in [2.75, 3.05) is 11.1 Å². The fraction of sp³-hybridized carbons (Fsp3) is 0.364. The van der Waals surface area contributed by atoms with Gasteiger partial charge in [-0.15, -0.1) is 33.3 Å². The average molecular weight is 539 g/mol. The first kappa shape index (κ1) is 24.4. The average Bonchev–Trinajstić information content (AvgIpc) is 3.33. The van der Waals surface area contributed by atoms with Gasteiger partial charge in [0, 0.05) is 27.7 Å². The molecule has 1 aliphatic rings. The van der Waals surface area contributed by atoms with Crippen LogP contribution in [-0.4, -0.2) is 26.4 Å². The molecule has 1 amide bonds. The molecule has 6 nitrogen and oxygen atoms in total. The van der Waals surface area contributed by atoms with Crippen molar-refractivity contribution in [2.24, 2.45) is 7.05 Å². The van der Waals surface area contributed by atoms with Crippen molar-refractivity contribution in [1.29, 1.82) is 5.26 Å². The van der Waals surface area contributed by atoms with Crippen LogP contribution in [0.4, 0.5) is 5.00 Å². The van der Waals surface area contributed by atoms with E-state index in [1.54, 1.807) is 17.8 Å². The molecule has 2 heterocycles. The number of carbonyl (C=O) groups excluding carboxylic acids is 1. The van der Waals surface area contributed by atoms with Gasteiger partial charge in [-0.1, -0.05) is 41.0 Å². The highest BCUT2D eigenvalue weighted by Crippen LogP contribution is 2.37. The number of thiophene rings is 1. The van der Waals surface area contributed by atoms with Crippen molar-refractivity contribution in [2.45, 2.75) is 42.3 Å². The number of halogens is 2. The Hall–Kier alpha value is -1.70. The summed E-state index contributed by atoms with van der Waals surface area (Å²) in [6, 6.07) is 7.78. The highest BCUT2D eigenvalue weighted by molar-refractivity contribution is 7.99. The van der Waals surface area contributed by atoms with E-state index in [0.29, 0.717) is 31.5 Å². The Morgan fingerprint density at radius 1 is 1.27 bits per heavy atom. The van der Waals surface area contributed by atoms with Gasteiger partial charge in [0.1, 0.15) is 16.9 Å². The smallest absolute Gasteiger partial charge is 0.235 e. The van der Waals surface area contributed by atoms with E-state index < -0.39 is 0 Å². The number of carbonyl (C=O) groups is 1. The maximum absolute atomic E-state index is 12.6. The standard InChI is InChI=1S/C22H21Cl2N5OS3/c1-29-19(11-31-10-13-6-7-14(23)8-17(13)24)27-28-22(29)32-12-20(30)26-21-16(9-25)15-4-2-3-5-18(15)33-21/h6-8H,2-5,10-12H2,1H3,(H,26,30). The van der Waals surface area contributed by atoms with E-state index >= 15 is 0 Å². The number of nitrogens with one attached hydrogen (secondary N) is 1. The summed E-state index contributed by atoms with van der Waals surface area (Å²) in [7, 11) is 1.90. The third-order valence-corrected chi connectivity index (χ3v) is 9.09. The third-order valence-electron chi connectivity index (χ3n) is 5.30. The van der Waals surface area contributed by atoms with Crippen LogP contribution in [-0.2, 0) is 36.2 Å². The highest BCUT2D eigenvalue weighted by Gasteiger charge is 2.22. The lowest BCUT2D eigenvalue weighted by atomic mass is 9.96. The quantitative estimate of drug-likeness (QED) is 0.349. The van der Waals surface area contributed by atoms with E-state index in [4.69, 9.17) is 23.2 Å². The zero-order chi connectivity index (χ0) is 23.4. The normalized spacial score (nSPS) is 12.9. The van der Waals surface area contributed by atoms with Crippen LogP contribution in [0.2, 0.25) is 10.0 Å². The fourth-order valence-electron chi connectivity index (χ4n) is 3.55. The zero-order valence-electron chi connectivity index (χ0n) is 17.9.